The molecule has 6 heteroatoms. The quantitative estimate of drug-likeness (QED) is 0.419. The highest BCUT2D eigenvalue weighted by Crippen LogP contribution is 2.40. The Kier molecular flexibility index (Phi) is 5.96. The number of rotatable bonds is 6. The molecular formula is C25H20ClFO4. The lowest BCUT2D eigenvalue weighted by molar-refractivity contribution is 0.101. The van der Waals surface area contributed by atoms with E-state index in [-0.39, 0.29) is 23.7 Å². The van der Waals surface area contributed by atoms with Gasteiger partial charge in [-0.2, -0.15) is 0 Å². The molecular weight excluding hydrogens is 419 g/mol. The minimum Gasteiger partial charge on any atom is -0.493 e. The number of hydrogen-bond acceptors (Lipinski definition) is 4. The number of allylic oxidation sites excluding steroid dienone is 1. The fourth-order valence-corrected chi connectivity index (χ4v) is 3.59. The number of carbonyl (C=O) groups is 1. The molecule has 0 saturated heterocycles. The van der Waals surface area contributed by atoms with E-state index in [0.717, 1.165) is 5.56 Å². The van der Waals surface area contributed by atoms with E-state index in [9.17, 15) is 9.18 Å². The Bertz CT molecular complexity index is 1170. The van der Waals surface area contributed by atoms with Crippen molar-refractivity contribution in [3.8, 4) is 17.2 Å². The zero-order chi connectivity index (χ0) is 22.0. The van der Waals surface area contributed by atoms with Gasteiger partial charge in [-0.05, 0) is 50.3 Å². The van der Waals surface area contributed by atoms with Gasteiger partial charge in [0.25, 0.3) is 0 Å². The summed E-state index contributed by atoms with van der Waals surface area (Å²) in [6.45, 7) is 4.17. The number of carbonyl (C=O) groups excluding carboxylic acids is 1. The lowest BCUT2D eigenvalue weighted by Gasteiger charge is -2.12. The molecule has 0 aliphatic carbocycles. The number of hydrogen-bond donors (Lipinski definition) is 0. The monoisotopic (exact) mass is 438 g/mol. The predicted molar refractivity (Wildman–Crippen MR) is 117 cm³/mol. The van der Waals surface area contributed by atoms with Crippen LogP contribution in [0, 0.1) is 12.7 Å². The first-order valence-corrected chi connectivity index (χ1v) is 10.2. The fourth-order valence-electron chi connectivity index (χ4n) is 3.37. The Balaban J connectivity index is 1.60. The van der Waals surface area contributed by atoms with Gasteiger partial charge in [-0.1, -0.05) is 35.9 Å². The molecule has 31 heavy (non-hydrogen) atoms. The third-order valence-corrected chi connectivity index (χ3v) is 5.33. The summed E-state index contributed by atoms with van der Waals surface area (Å²) in [7, 11) is 0. The highest BCUT2D eigenvalue weighted by Gasteiger charge is 2.30. The number of ketones is 1. The van der Waals surface area contributed by atoms with E-state index in [1.807, 2.05) is 31.2 Å². The Hall–Kier alpha value is -3.31. The van der Waals surface area contributed by atoms with Gasteiger partial charge in [0, 0.05) is 16.7 Å². The van der Waals surface area contributed by atoms with Crippen LogP contribution in [0.15, 0.2) is 60.4 Å². The summed E-state index contributed by atoms with van der Waals surface area (Å²) in [6.07, 6.45) is 1.67. The highest BCUT2D eigenvalue weighted by atomic mass is 35.5. The zero-order valence-corrected chi connectivity index (χ0v) is 17.8. The molecule has 0 N–H and O–H groups in total. The van der Waals surface area contributed by atoms with Gasteiger partial charge >= 0.3 is 0 Å². The van der Waals surface area contributed by atoms with Gasteiger partial charge < -0.3 is 14.2 Å². The second kappa shape index (κ2) is 8.82. The molecule has 158 valence electrons. The maximum absolute atomic E-state index is 14.0. The van der Waals surface area contributed by atoms with E-state index in [4.69, 9.17) is 25.8 Å². The maximum Gasteiger partial charge on any atom is 0.231 e. The average Bonchev–Trinajstić information content (AvgIpc) is 3.07. The standard InChI is InChI=1S/C25H20ClFO4/c1-3-29-22-10-5-4-7-16(22)13-23-24(28)17-11-12-21(15(2)25(17)31-23)30-14-18-19(26)8-6-9-20(18)27/h4-13H,3,14H2,1-2H3/b23-13-. The second-order valence-electron chi connectivity index (χ2n) is 6.96. The molecule has 0 aromatic heterocycles. The molecule has 0 bridgehead atoms. The largest absolute Gasteiger partial charge is 0.493 e. The van der Waals surface area contributed by atoms with E-state index in [0.29, 0.717) is 40.0 Å². The zero-order valence-electron chi connectivity index (χ0n) is 17.1. The Morgan fingerprint density at radius 2 is 1.84 bits per heavy atom. The van der Waals surface area contributed by atoms with Crippen molar-refractivity contribution < 1.29 is 23.4 Å². The number of ether oxygens (including phenoxy) is 3. The first kappa shape index (κ1) is 20.9. The number of halogens is 2. The van der Waals surface area contributed by atoms with Crippen LogP contribution in [-0.2, 0) is 6.61 Å². The van der Waals surface area contributed by atoms with Crippen LogP contribution < -0.4 is 14.2 Å². The van der Waals surface area contributed by atoms with Gasteiger partial charge in [-0.15, -0.1) is 0 Å². The number of fused-ring (bicyclic) bond motifs is 1. The van der Waals surface area contributed by atoms with Crippen LogP contribution in [0.3, 0.4) is 0 Å². The van der Waals surface area contributed by atoms with Crippen molar-refractivity contribution in [2.45, 2.75) is 20.5 Å². The predicted octanol–water partition coefficient (Wildman–Crippen LogP) is 6.38. The molecule has 0 unspecified atom stereocenters. The topological polar surface area (TPSA) is 44.8 Å². The van der Waals surface area contributed by atoms with Crippen LogP contribution in [-0.4, -0.2) is 12.4 Å². The minimum atomic E-state index is -0.434. The molecule has 0 radical (unpaired) electrons. The third-order valence-electron chi connectivity index (χ3n) is 4.98. The summed E-state index contributed by atoms with van der Waals surface area (Å²) in [6, 6.07) is 15.3. The fraction of sp³-hybridized carbons (Fsp3) is 0.160. The molecule has 1 heterocycles. The smallest absolute Gasteiger partial charge is 0.231 e. The molecule has 4 nitrogen and oxygen atoms in total. The molecule has 3 aromatic carbocycles. The second-order valence-corrected chi connectivity index (χ2v) is 7.37. The van der Waals surface area contributed by atoms with E-state index < -0.39 is 5.82 Å². The van der Waals surface area contributed by atoms with Gasteiger partial charge in [-0.25, -0.2) is 4.39 Å². The Morgan fingerprint density at radius 1 is 1.03 bits per heavy atom. The van der Waals surface area contributed by atoms with Crippen molar-refractivity contribution in [2.75, 3.05) is 6.61 Å². The number of para-hydroxylation sites is 1. The van der Waals surface area contributed by atoms with Crippen molar-refractivity contribution in [2.24, 2.45) is 0 Å². The number of Topliss-reactive ketones (excluding diaryl/α,β-unsaturated/α-hetero) is 1. The van der Waals surface area contributed by atoms with Gasteiger partial charge in [0.1, 0.15) is 29.7 Å². The lowest BCUT2D eigenvalue weighted by Crippen LogP contribution is -2.01. The molecule has 4 rings (SSSR count). The summed E-state index contributed by atoms with van der Waals surface area (Å²) in [5, 5.41) is 0.295. The van der Waals surface area contributed by atoms with Gasteiger partial charge in [0.05, 0.1) is 17.2 Å². The van der Waals surface area contributed by atoms with Crippen molar-refractivity contribution in [1.29, 1.82) is 0 Å². The first-order chi connectivity index (χ1) is 15.0. The highest BCUT2D eigenvalue weighted by molar-refractivity contribution is 6.31. The summed E-state index contributed by atoms with van der Waals surface area (Å²) in [5.41, 5.74) is 2.13. The van der Waals surface area contributed by atoms with E-state index >= 15 is 0 Å². The summed E-state index contributed by atoms with van der Waals surface area (Å²) in [5.74, 6) is 1.15. The van der Waals surface area contributed by atoms with E-state index in [1.165, 1.54) is 6.07 Å². The normalized spacial score (nSPS) is 13.8. The first-order valence-electron chi connectivity index (χ1n) is 9.85. The van der Waals surface area contributed by atoms with Crippen molar-refractivity contribution in [3.05, 3.63) is 93.5 Å². The van der Waals surface area contributed by atoms with Gasteiger partial charge in [0.2, 0.25) is 5.78 Å². The van der Waals surface area contributed by atoms with Crippen molar-refractivity contribution >= 4 is 23.5 Å². The Labute approximate surface area is 184 Å². The molecule has 0 atom stereocenters. The van der Waals surface area contributed by atoms with Crippen molar-refractivity contribution in [1.82, 2.24) is 0 Å². The van der Waals surface area contributed by atoms with E-state index in [2.05, 4.69) is 0 Å². The molecule has 1 aliphatic rings. The van der Waals surface area contributed by atoms with Crippen molar-refractivity contribution in [3.63, 3.8) is 0 Å². The van der Waals surface area contributed by atoms with Crippen LogP contribution in [0.25, 0.3) is 6.08 Å². The summed E-state index contributed by atoms with van der Waals surface area (Å²) >= 11 is 6.07. The number of benzene rings is 3. The molecule has 0 amide bonds. The molecule has 3 aromatic rings. The van der Waals surface area contributed by atoms with Crippen LogP contribution in [0.1, 0.15) is 34.0 Å². The van der Waals surface area contributed by atoms with Crippen LogP contribution in [0.4, 0.5) is 4.39 Å². The molecule has 0 saturated carbocycles. The van der Waals surface area contributed by atoms with Crippen LogP contribution in [0.2, 0.25) is 5.02 Å². The maximum atomic E-state index is 14.0. The SMILES string of the molecule is CCOc1ccccc1/C=C1\Oc2c(ccc(OCc3c(F)cccc3Cl)c2C)C1=O. The lowest BCUT2D eigenvalue weighted by atomic mass is 10.1. The molecule has 0 fully saturated rings. The Morgan fingerprint density at radius 3 is 2.61 bits per heavy atom. The summed E-state index contributed by atoms with van der Waals surface area (Å²) < 4.78 is 31.3. The van der Waals surface area contributed by atoms with Crippen LogP contribution in [0.5, 0.6) is 17.2 Å². The van der Waals surface area contributed by atoms with Gasteiger partial charge in [0.15, 0.2) is 5.76 Å². The third kappa shape index (κ3) is 4.14. The summed E-state index contributed by atoms with van der Waals surface area (Å²) in [4.78, 5) is 12.9. The molecule has 1 aliphatic heterocycles. The minimum absolute atomic E-state index is 0.0382. The van der Waals surface area contributed by atoms with E-state index in [1.54, 1.807) is 37.3 Å². The molecule has 0 spiro atoms. The van der Waals surface area contributed by atoms with Gasteiger partial charge in [-0.3, -0.25) is 4.79 Å². The average molecular weight is 439 g/mol. The van der Waals surface area contributed by atoms with Crippen LogP contribution >= 0.6 is 11.6 Å².